The number of carbonyl (C=O) groups excluding carboxylic acids is 2. The Morgan fingerprint density at radius 2 is 2.29 bits per heavy atom. The second-order valence-corrected chi connectivity index (χ2v) is 4.10. The Kier molecular flexibility index (Phi) is 5.50. The molecule has 5 heteroatoms. The first-order valence-corrected chi connectivity index (χ1v) is 5.82. The van der Waals surface area contributed by atoms with Gasteiger partial charge in [-0.25, -0.2) is 0 Å². The zero-order chi connectivity index (χ0) is 12.7. The highest BCUT2D eigenvalue weighted by Crippen LogP contribution is 2.16. The SMILES string of the molecule is C#CCNCC(=O)N1CCCC(C(=O)NC)C1. The molecule has 94 valence electrons. The topological polar surface area (TPSA) is 61.4 Å². The minimum atomic E-state index is -0.0784. The number of amides is 2. The van der Waals surface area contributed by atoms with Gasteiger partial charge in [0.2, 0.25) is 11.8 Å². The first-order valence-electron chi connectivity index (χ1n) is 5.82. The van der Waals surface area contributed by atoms with Gasteiger partial charge in [0, 0.05) is 20.1 Å². The number of nitrogens with one attached hydrogen (secondary N) is 2. The number of hydrogen-bond donors (Lipinski definition) is 2. The fourth-order valence-corrected chi connectivity index (χ4v) is 1.98. The van der Waals surface area contributed by atoms with Crippen molar-refractivity contribution in [1.29, 1.82) is 0 Å². The van der Waals surface area contributed by atoms with Crippen LogP contribution >= 0.6 is 0 Å². The van der Waals surface area contributed by atoms with Crippen molar-refractivity contribution >= 4 is 11.8 Å². The summed E-state index contributed by atoms with van der Waals surface area (Å²) in [5.74, 6) is 2.36. The van der Waals surface area contributed by atoms with Crippen LogP contribution in [0.2, 0.25) is 0 Å². The highest BCUT2D eigenvalue weighted by atomic mass is 16.2. The van der Waals surface area contributed by atoms with Gasteiger partial charge in [-0.1, -0.05) is 5.92 Å². The Labute approximate surface area is 102 Å². The van der Waals surface area contributed by atoms with E-state index in [0.29, 0.717) is 13.1 Å². The molecule has 0 aromatic carbocycles. The highest BCUT2D eigenvalue weighted by Gasteiger charge is 2.27. The van der Waals surface area contributed by atoms with Crippen molar-refractivity contribution < 1.29 is 9.59 Å². The Hall–Kier alpha value is -1.54. The molecule has 2 amide bonds. The number of rotatable bonds is 4. The molecule has 1 aliphatic heterocycles. The molecule has 0 spiro atoms. The Bertz CT molecular complexity index is 322. The molecule has 0 aromatic rings. The maximum Gasteiger partial charge on any atom is 0.236 e. The van der Waals surface area contributed by atoms with Crippen LogP contribution in [-0.2, 0) is 9.59 Å². The van der Waals surface area contributed by atoms with Crippen molar-refractivity contribution in [2.75, 3.05) is 33.2 Å². The number of hydrogen-bond acceptors (Lipinski definition) is 3. The van der Waals surface area contributed by atoms with Gasteiger partial charge in [0.1, 0.15) is 0 Å². The van der Waals surface area contributed by atoms with E-state index in [9.17, 15) is 9.59 Å². The minimum Gasteiger partial charge on any atom is -0.359 e. The summed E-state index contributed by atoms with van der Waals surface area (Å²) in [6, 6.07) is 0. The molecule has 0 radical (unpaired) electrons. The Balaban J connectivity index is 2.41. The lowest BCUT2D eigenvalue weighted by Crippen LogP contribution is -2.47. The number of terminal acetylenes is 1. The molecule has 0 saturated carbocycles. The van der Waals surface area contributed by atoms with E-state index in [4.69, 9.17) is 6.42 Å². The van der Waals surface area contributed by atoms with Crippen LogP contribution in [0.3, 0.4) is 0 Å². The fraction of sp³-hybridized carbons (Fsp3) is 0.667. The molecule has 1 fully saturated rings. The lowest BCUT2D eigenvalue weighted by Gasteiger charge is -2.31. The van der Waals surface area contributed by atoms with Gasteiger partial charge in [0.05, 0.1) is 19.0 Å². The van der Waals surface area contributed by atoms with Crippen LogP contribution in [0.15, 0.2) is 0 Å². The third kappa shape index (κ3) is 4.08. The molecule has 0 bridgehead atoms. The van der Waals surface area contributed by atoms with Gasteiger partial charge in [0.25, 0.3) is 0 Å². The van der Waals surface area contributed by atoms with Crippen LogP contribution in [-0.4, -0.2) is 49.9 Å². The van der Waals surface area contributed by atoms with Crippen LogP contribution in [0.5, 0.6) is 0 Å². The van der Waals surface area contributed by atoms with Crippen molar-refractivity contribution in [3.63, 3.8) is 0 Å². The molecule has 5 nitrogen and oxygen atoms in total. The second-order valence-electron chi connectivity index (χ2n) is 4.10. The van der Waals surface area contributed by atoms with Gasteiger partial charge >= 0.3 is 0 Å². The van der Waals surface area contributed by atoms with Crippen LogP contribution in [0.4, 0.5) is 0 Å². The van der Waals surface area contributed by atoms with E-state index in [1.165, 1.54) is 0 Å². The van der Waals surface area contributed by atoms with Crippen molar-refractivity contribution in [2.45, 2.75) is 12.8 Å². The van der Waals surface area contributed by atoms with Crippen LogP contribution in [0, 0.1) is 18.3 Å². The third-order valence-corrected chi connectivity index (χ3v) is 2.89. The fourth-order valence-electron chi connectivity index (χ4n) is 1.98. The molecule has 1 aliphatic rings. The molecule has 1 saturated heterocycles. The predicted molar refractivity (Wildman–Crippen MR) is 65.1 cm³/mol. The number of piperidine rings is 1. The lowest BCUT2D eigenvalue weighted by molar-refractivity contribution is -0.134. The summed E-state index contributed by atoms with van der Waals surface area (Å²) in [7, 11) is 1.62. The standard InChI is InChI=1S/C12H19N3O2/c1-3-6-14-8-11(16)15-7-4-5-10(9-15)12(17)13-2/h1,10,14H,4-9H2,2H3,(H,13,17). The smallest absolute Gasteiger partial charge is 0.236 e. The van der Waals surface area contributed by atoms with E-state index >= 15 is 0 Å². The van der Waals surface area contributed by atoms with Gasteiger partial charge in [-0.05, 0) is 12.8 Å². The van der Waals surface area contributed by atoms with Gasteiger partial charge in [-0.3, -0.25) is 14.9 Å². The van der Waals surface area contributed by atoms with Crippen LogP contribution in [0.1, 0.15) is 12.8 Å². The van der Waals surface area contributed by atoms with Crippen molar-refractivity contribution in [1.82, 2.24) is 15.5 Å². The summed E-state index contributed by atoms with van der Waals surface area (Å²) in [5, 5.41) is 5.49. The first-order chi connectivity index (χ1) is 8.19. The first kappa shape index (κ1) is 13.5. The van der Waals surface area contributed by atoms with Gasteiger partial charge in [-0.15, -0.1) is 6.42 Å². The molecule has 2 N–H and O–H groups in total. The average molecular weight is 237 g/mol. The average Bonchev–Trinajstić information content (AvgIpc) is 2.38. The van der Waals surface area contributed by atoms with Crippen molar-refractivity contribution in [3.8, 4) is 12.3 Å². The van der Waals surface area contributed by atoms with E-state index in [1.807, 2.05) is 0 Å². The normalized spacial score (nSPS) is 19.5. The molecule has 1 heterocycles. The molecule has 1 atom stereocenters. The summed E-state index contributed by atoms with van der Waals surface area (Å²) in [4.78, 5) is 25.0. The summed E-state index contributed by atoms with van der Waals surface area (Å²) < 4.78 is 0. The van der Waals surface area contributed by atoms with Gasteiger partial charge in [0.15, 0.2) is 0 Å². The molecule has 1 unspecified atom stereocenters. The molecular formula is C12H19N3O2. The second kappa shape index (κ2) is 6.92. The van der Waals surface area contributed by atoms with E-state index in [0.717, 1.165) is 19.4 Å². The van der Waals surface area contributed by atoms with E-state index in [2.05, 4.69) is 16.6 Å². The van der Waals surface area contributed by atoms with Crippen LogP contribution < -0.4 is 10.6 Å². The molecular weight excluding hydrogens is 218 g/mol. The summed E-state index contributed by atoms with van der Waals surface area (Å²) >= 11 is 0. The molecule has 1 rings (SSSR count). The van der Waals surface area contributed by atoms with E-state index in [1.54, 1.807) is 11.9 Å². The molecule has 0 aromatic heterocycles. The lowest BCUT2D eigenvalue weighted by atomic mass is 9.97. The van der Waals surface area contributed by atoms with Crippen molar-refractivity contribution in [2.24, 2.45) is 5.92 Å². The van der Waals surface area contributed by atoms with E-state index < -0.39 is 0 Å². The van der Waals surface area contributed by atoms with Crippen LogP contribution in [0.25, 0.3) is 0 Å². The zero-order valence-corrected chi connectivity index (χ0v) is 10.2. The monoisotopic (exact) mass is 237 g/mol. The number of likely N-dealkylation sites (tertiary alicyclic amines) is 1. The summed E-state index contributed by atoms with van der Waals surface area (Å²) in [6.45, 7) is 1.86. The Morgan fingerprint density at radius 3 is 2.94 bits per heavy atom. The largest absolute Gasteiger partial charge is 0.359 e. The number of carbonyl (C=O) groups is 2. The summed E-state index contributed by atoms with van der Waals surface area (Å²) in [6.07, 6.45) is 6.81. The third-order valence-electron chi connectivity index (χ3n) is 2.89. The predicted octanol–water partition coefficient (Wildman–Crippen LogP) is -0.806. The minimum absolute atomic E-state index is 0.00820. The van der Waals surface area contributed by atoms with Gasteiger partial charge in [-0.2, -0.15) is 0 Å². The molecule has 0 aliphatic carbocycles. The Morgan fingerprint density at radius 1 is 1.53 bits per heavy atom. The molecule has 17 heavy (non-hydrogen) atoms. The number of nitrogens with zero attached hydrogens (tertiary/aromatic N) is 1. The maximum atomic E-state index is 11.8. The summed E-state index contributed by atoms with van der Waals surface area (Å²) in [5.41, 5.74) is 0. The zero-order valence-electron chi connectivity index (χ0n) is 10.2. The highest BCUT2D eigenvalue weighted by molar-refractivity contribution is 5.82. The quantitative estimate of drug-likeness (QED) is 0.497. The maximum absolute atomic E-state index is 11.8. The van der Waals surface area contributed by atoms with Gasteiger partial charge < -0.3 is 10.2 Å². The van der Waals surface area contributed by atoms with Crippen molar-refractivity contribution in [3.05, 3.63) is 0 Å². The van der Waals surface area contributed by atoms with E-state index in [-0.39, 0.29) is 24.3 Å².